The Morgan fingerprint density at radius 3 is 1.96 bits per heavy atom. The molecule has 1 aromatic carbocycles. The zero-order chi connectivity index (χ0) is 17.1. The third kappa shape index (κ3) is 3.35. The molecular formula is C17H19N3O4. The van der Waals surface area contributed by atoms with Gasteiger partial charge in [-0.05, 0) is 5.56 Å². The monoisotopic (exact) mass is 329 g/mol. The van der Waals surface area contributed by atoms with Gasteiger partial charge in [0, 0.05) is 32.2 Å². The van der Waals surface area contributed by atoms with Crippen LogP contribution in [0, 0.1) is 0 Å². The van der Waals surface area contributed by atoms with Gasteiger partial charge in [0.15, 0.2) is 0 Å². The van der Waals surface area contributed by atoms with E-state index in [9.17, 15) is 19.2 Å². The molecule has 7 nitrogen and oxygen atoms in total. The molecule has 0 spiro atoms. The highest BCUT2D eigenvalue weighted by molar-refractivity contribution is 6.03. The summed E-state index contributed by atoms with van der Waals surface area (Å²) in [6.07, 6.45) is 0.0194. The fourth-order valence-electron chi connectivity index (χ4n) is 3.01. The average Bonchev–Trinajstić information content (AvgIpc) is 3.08. The molecule has 4 amide bonds. The number of benzene rings is 1. The topological polar surface area (TPSA) is 86.8 Å². The van der Waals surface area contributed by atoms with E-state index in [0.29, 0.717) is 6.54 Å². The van der Waals surface area contributed by atoms with Crippen LogP contribution in [-0.4, -0.2) is 46.1 Å². The maximum absolute atomic E-state index is 12.1. The Balaban J connectivity index is 1.75. The summed E-state index contributed by atoms with van der Waals surface area (Å²) < 4.78 is 0. The molecule has 1 aromatic rings. The van der Waals surface area contributed by atoms with E-state index in [1.165, 1.54) is 0 Å². The zero-order valence-electron chi connectivity index (χ0n) is 13.2. The molecule has 1 unspecified atom stereocenters. The fourth-order valence-corrected chi connectivity index (χ4v) is 3.01. The third-order valence-corrected chi connectivity index (χ3v) is 4.30. The van der Waals surface area contributed by atoms with Gasteiger partial charge in [-0.25, -0.2) is 0 Å². The summed E-state index contributed by atoms with van der Waals surface area (Å²) in [6, 6.07) is 9.53. The number of nitrogens with zero attached hydrogens (tertiary/aromatic N) is 2. The van der Waals surface area contributed by atoms with Crippen molar-refractivity contribution < 1.29 is 19.2 Å². The molecule has 7 heteroatoms. The van der Waals surface area contributed by atoms with Crippen molar-refractivity contribution in [2.45, 2.75) is 38.4 Å². The Morgan fingerprint density at radius 2 is 1.38 bits per heavy atom. The smallest absolute Gasteiger partial charge is 0.231 e. The second-order valence-electron chi connectivity index (χ2n) is 5.94. The molecule has 0 aromatic heterocycles. The van der Waals surface area contributed by atoms with Gasteiger partial charge >= 0.3 is 0 Å². The summed E-state index contributed by atoms with van der Waals surface area (Å²) >= 11 is 0. The second kappa shape index (κ2) is 6.92. The van der Waals surface area contributed by atoms with Gasteiger partial charge in [0.05, 0.1) is 6.54 Å². The lowest BCUT2D eigenvalue weighted by Crippen LogP contribution is -2.54. The van der Waals surface area contributed by atoms with Gasteiger partial charge in [-0.1, -0.05) is 30.3 Å². The van der Waals surface area contributed by atoms with Crippen molar-refractivity contribution in [2.75, 3.05) is 6.54 Å². The van der Waals surface area contributed by atoms with Crippen molar-refractivity contribution in [2.24, 2.45) is 0 Å². The maximum atomic E-state index is 12.1. The van der Waals surface area contributed by atoms with Gasteiger partial charge < -0.3 is 0 Å². The first kappa shape index (κ1) is 16.3. The standard InChI is InChI=1S/C17H19N3O4/c21-14-6-7-15(22)19(14)11-13(20-16(23)8-9-17(20)24)18-10-12-4-2-1-3-5-12/h1-5,13,18H,6-11H2. The zero-order valence-corrected chi connectivity index (χ0v) is 13.2. The molecule has 0 radical (unpaired) electrons. The highest BCUT2D eigenvalue weighted by Crippen LogP contribution is 2.18. The van der Waals surface area contributed by atoms with E-state index >= 15 is 0 Å². The number of likely N-dealkylation sites (tertiary alicyclic amines) is 2. The molecule has 2 heterocycles. The van der Waals surface area contributed by atoms with Crippen molar-refractivity contribution >= 4 is 23.6 Å². The van der Waals surface area contributed by atoms with Crippen LogP contribution in [0.15, 0.2) is 30.3 Å². The average molecular weight is 329 g/mol. The van der Waals surface area contributed by atoms with Crippen LogP contribution in [0.4, 0.5) is 0 Å². The number of hydrogen-bond acceptors (Lipinski definition) is 5. The van der Waals surface area contributed by atoms with E-state index in [4.69, 9.17) is 0 Å². The summed E-state index contributed by atoms with van der Waals surface area (Å²) in [5, 5.41) is 3.14. The number of imide groups is 2. The van der Waals surface area contributed by atoms with Crippen molar-refractivity contribution in [1.29, 1.82) is 0 Å². The fraction of sp³-hybridized carbons (Fsp3) is 0.412. The first-order valence-electron chi connectivity index (χ1n) is 8.01. The quantitative estimate of drug-likeness (QED) is 0.764. The van der Waals surface area contributed by atoms with Crippen LogP contribution in [0.2, 0.25) is 0 Å². The van der Waals surface area contributed by atoms with Crippen LogP contribution in [-0.2, 0) is 25.7 Å². The summed E-state index contributed by atoms with van der Waals surface area (Å²) in [6.45, 7) is 0.431. The number of hydrogen-bond donors (Lipinski definition) is 1. The Kier molecular flexibility index (Phi) is 4.71. The lowest BCUT2D eigenvalue weighted by Gasteiger charge is -2.30. The highest BCUT2D eigenvalue weighted by atomic mass is 16.2. The predicted octanol–water partition coefficient (Wildman–Crippen LogP) is 0.400. The lowest BCUT2D eigenvalue weighted by atomic mass is 10.2. The van der Waals surface area contributed by atoms with E-state index in [0.717, 1.165) is 15.4 Å². The minimum absolute atomic E-state index is 0.00196. The predicted molar refractivity (Wildman–Crippen MR) is 84.1 cm³/mol. The minimum atomic E-state index is -0.696. The van der Waals surface area contributed by atoms with Crippen molar-refractivity contribution in [3.8, 4) is 0 Å². The minimum Gasteiger partial charge on any atom is -0.291 e. The Hall–Kier alpha value is -2.54. The van der Waals surface area contributed by atoms with Crippen molar-refractivity contribution in [3.05, 3.63) is 35.9 Å². The number of amides is 4. The van der Waals surface area contributed by atoms with E-state index in [-0.39, 0.29) is 55.9 Å². The number of nitrogens with one attached hydrogen (secondary N) is 1. The van der Waals surface area contributed by atoms with E-state index < -0.39 is 6.17 Å². The van der Waals surface area contributed by atoms with Gasteiger partial charge in [0.1, 0.15) is 6.17 Å². The molecular weight excluding hydrogens is 310 g/mol. The van der Waals surface area contributed by atoms with Gasteiger partial charge in [0.2, 0.25) is 23.6 Å². The van der Waals surface area contributed by atoms with Gasteiger partial charge in [0.25, 0.3) is 0 Å². The first-order chi connectivity index (χ1) is 11.6. The van der Waals surface area contributed by atoms with Crippen LogP contribution in [0.5, 0.6) is 0 Å². The molecule has 0 bridgehead atoms. The molecule has 1 atom stereocenters. The summed E-state index contributed by atoms with van der Waals surface area (Å²) in [4.78, 5) is 50.1. The molecule has 2 saturated heterocycles. The summed E-state index contributed by atoms with van der Waals surface area (Å²) in [5.74, 6) is -1.06. The molecule has 3 rings (SSSR count). The summed E-state index contributed by atoms with van der Waals surface area (Å²) in [7, 11) is 0. The Bertz CT molecular complexity index is 642. The normalized spacial score (nSPS) is 19.5. The molecule has 0 saturated carbocycles. The van der Waals surface area contributed by atoms with Crippen LogP contribution in [0.3, 0.4) is 0 Å². The van der Waals surface area contributed by atoms with Crippen molar-refractivity contribution in [1.82, 2.24) is 15.1 Å². The molecule has 126 valence electrons. The molecule has 2 aliphatic rings. The number of carbonyl (C=O) groups is 4. The van der Waals surface area contributed by atoms with E-state index in [1.807, 2.05) is 30.3 Å². The number of rotatable bonds is 6. The molecule has 24 heavy (non-hydrogen) atoms. The third-order valence-electron chi connectivity index (χ3n) is 4.30. The van der Waals surface area contributed by atoms with Gasteiger partial charge in [-0.15, -0.1) is 0 Å². The maximum Gasteiger partial charge on any atom is 0.231 e. The van der Waals surface area contributed by atoms with E-state index in [1.54, 1.807) is 0 Å². The second-order valence-corrected chi connectivity index (χ2v) is 5.94. The Morgan fingerprint density at radius 1 is 0.833 bits per heavy atom. The van der Waals surface area contributed by atoms with E-state index in [2.05, 4.69) is 5.32 Å². The summed E-state index contributed by atoms with van der Waals surface area (Å²) in [5.41, 5.74) is 0.987. The van der Waals surface area contributed by atoms with Gasteiger partial charge in [-0.2, -0.15) is 0 Å². The number of carbonyl (C=O) groups excluding carboxylic acids is 4. The highest BCUT2D eigenvalue weighted by Gasteiger charge is 2.39. The lowest BCUT2D eigenvalue weighted by molar-refractivity contribution is -0.147. The van der Waals surface area contributed by atoms with Crippen LogP contribution in [0.1, 0.15) is 31.2 Å². The van der Waals surface area contributed by atoms with Crippen LogP contribution in [0.25, 0.3) is 0 Å². The van der Waals surface area contributed by atoms with Gasteiger partial charge in [-0.3, -0.25) is 34.3 Å². The van der Waals surface area contributed by atoms with Crippen LogP contribution < -0.4 is 5.32 Å². The Labute approximate surface area is 139 Å². The molecule has 0 aliphatic carbocycles. The first-order valence-corrected chi connectivity index (χ1v) is 8.01. The SMILES string of the molecule is O=C1CCC(=O)N1CC(NCc1ccccc1)N1C(=O)CCC1=O. The molecule has 2 fully saturated rings. The van der Waals surface area contributed by atoms with Crippen molar-refractivity contribution in [3.63, 3.8) is 0 Å². The van der Waals surface area contributed by atoms with Crippen LogP contribution >= 0.6 is 0 Å². The largest absolute Gasteiger partial charge is 0.291 e. The molecule has 1 N–H and O–H groups in total. The molecule has 2 aliphatic heterocycles.